The van der Waals surface area contributed by atoms with E-state index in [0.29, 0.717) is 5.75 Å². The highest BCUT2D eigenvalue weighted by atomic mass is 16.5. The molecule has 0 atom stereocenters. The second-order valence-corrected chi connectivity index (χ2v) is 7.35. The first-order chi connectivity index (χ1) is 13.8. The van der Waals surface area contributed by atoms with E-state index in [0.717, 1.165) is 29.9 Å². The van der Waals surface area contributed by atoms with Crippen LogP contribution in [0.4, 0.5) is 0 Å². The van der Waals surface area contributed by atoms with Crippen LogP contribution in [0.25, 0.3) is 11.1 Å². The van der Waals surface area contributed by atoms with Gasteiger partial charge in [-0.05, 0) is 41.8 Å². The molecule has 2 rings (SSSR count). The van der Waals surface area contributed by atoms with Crippen molar-refractivity contribution in [3.63, 3.8) is 0 Å². The van der Waals surface area contributed by atoms with Crippen molar-refractivity contribution < 1.29 is 14.4 Å². The Morgan fingerprint density at radius 2 is 1.11 bits per heavy atom. The van der Waals surface area contributed by atoms with E-state index in [1.165, 1.54) is 57.8 Å². The highest BCUT2D eigenvalue weighted by molar-refractivity contribution is 6.17. The van der Waals surface area contributed by atoms with Crippen molar-refractivity contribution in [3.8, 4) is 22.6 Å². The maximum atomic E-state index is 8.78. The van der Waals surface area contributed by atoms with Crippen LogP contribution in [0.2, 0.25) is 0 Å². The van der Waals surface area contributed by atoms with Crippen molar-refractivity contribution in [2.45, 2.75) is 71.1 Å². The Balaban J connectivity index is 1.57. The van der Waals surface area contributed by atoms with E-state index in [9.17, 15) is 0 Å². The first kappa shape index (κ1) is 22.4. The summed E-state index contributed by atoms with van der Waals surface area (Å²) in [7, 11) is -0.301. The molecular formula is C24H35BO3. The highest BCUT2D eigenvalue weighted by Gasteiger charge is 2.01. The van der Waals surface area contributed by atoms with Crippen LogP contribution in [0, 0.1) is 0 Å². The van der Waals surface area contributed by atoms with Crippen molar-refractivity contribution in [3.05, 3.63) is 48.5 Å². The molecule has 0 radical (unpaired) electrons. The van der Waals surface area contributed by atoms with Gasteiger partial charge >= 0.3 is 7.69 Å². The molecule has 0 heterocycles. The fraction of sp³-hybridized carbons (Fsp3) is 0.500. The largest absolute Gasteiger partial charge is 0.539 e. The van der Waals surface area contributed by atoms with E-state index >= 15 is 0 Å². The van der Waals surface area contributed by atoms with Crippen LogP contribution in [-0.2, 0) is 0 Å². The van der Waals surface area contributed by atoms with E-state index in [4.69, 9.17) is 14.4 Å². The highest BCUT2D eigenvalue weighted by Crippen LogP contribution is 2.24. The minimum atomic E-state index is -0.301. The zero-order chi connectivity index (χ0) is 19.9. The van der Waals surface area contributed by atoms with Crippen LogP contribution in [-0.4, -0.2) is 19.3 Å². The van der Waals surface area contributed by atoms with Gasteiger partial charge < -0.3 is 14.4 Å². The molecule has 0 saturated heterocycles. The van der Waals surface area contributed by atoms with Crippen molar-refractivity contribution >= 4 is 7.69 Å². The smallest absolute Gasteiger partial charge is 0.504 e. The van der Waals surface area contributed by atoms with Gasteiger partial charge in [0.15, 0.2) is 0 Å². The van der Waals surface area contributed by atoms with Gasteiger partial charge in [-0.25, -0.2) is 0 Å². The van der Waals surface area contributed by atoms with Crippen LogP contribution in [0.15, 0.2) is 48.5 Å². The predicted molar refractivity (Wildman–Crippen MR) is 119 cm³/mol. The number of hydrogen-bond acceptors (Lipinski definition) is 3. The minimum Gasteiger partial charge on any atom is -0.539 e. The summed E-state index contributed by atoms with van der Waals surface area (Å²) in [4.78, 5) is 0. The van der Waals surface area contributed by atoms with Crippen LogP contribution >= 0.6 is 0 Å². The topological polar surface area (TPSA) is 38.7 Å². The van der Waals surface area contributed by atoms with Gasteiger partial charge in [0, 0.05) is 0 Å². The third-order valence-electron chi connectivity index (χ3n) is 5.04. The SMILES string of the molecule is CCCCCCCCCCCCOc1ccc(-c2ccc(OBO)cc2)cc1. The zero-order valence-corrected chi connectivity index (χ0v) is 17.4. The Labute approximate surface area is 171 Å². The molecular weight excluding hydrogens is 347 g/mol. The Hall–Kier alpha value is -1.94. The Bertz CT molecular complexity index is 625. The standard InChI is InChI=1S/C24H35BO3/c1-2-3-4-5-6-7-8-9-10-11-20-27-23-16-12-21(13-17-23)22-14-18-24(19-15-22)28-25-26/h12-19,25-26H,2-11,20H2,1H3. The number of ether oxygens (including phenoxy) is 1. The van der Waals surface area contributed by atoms with Crippen molar-refractivity contribution in [2.75, 3.05) is 6.61 Å². The summed E-state index contributed by atoms with van der Waals surface area (Å²) in [6.07, 6.45) is 13.4. The van der Waals surface area contributed by atoms with Gasteiger partial charge in [-0.2, -0.15) is 0 Å². The van der Waals surface area contributed by atoms with Crippen molar-refractivity contribution in [1.29, 1.82) is 0 Å². The molecule has 28 heavy (non-hydrogen) atoms. The second kappa shape index (κ2) is 14.1. The first-order valence-corrected chi connectivity index (χ1v) is 10.9. The molecule has 0 aliphatic heterocycles. The molecule has 4 heteroatoms. The summed E-state index contributed by atoms with van der Waals surface area (Å²) in [5, 5.41) is 8.78. The fourth-order valence-electron chi connectivity index (χ4n) is 3.34. The Morgan fingerprint density at radius 3 is 1.61 bits per heavy atom. The lowest BCUT2D eigenvalue weighted by Crippen LogP contribution is -1.99. The maximum Gasteiger partial charge on any atom is 0.504 e. The normalized spacial score (nSPS) is 10.6. The lowest BCUT2D eigenvalue weighted by Gasteiger charge is -2.08. The van der Waals surface area contributed by atoms with Gasteiger partial charge in [-0.1, -0.05) is 89.0 Å². The molecule has 0 aliphatic rings. The molecule has 0 unspecified atom stereocenters. The van der Waals surface area contributed by atoms with Gasteiger partial charge in [-0.15, -0.1) is 0 Å². The van der Waals surface area contributed by atoms with Gasteiger partial charge in [0.25, 0.3) is 0 Å². The van der Waals surface area contributed by atoms with Crippen LogP contribution < -0.4 is 9.39 Å². The molecule has 152 valence electrons. The van der Waals surface area contributed by atoms with Gasteiger partial charge in [0.1, 0.15) is 11.5 Å². The molecule has 2 aromatic carbocycles. The molecule has 2 aromatic rings. The third-order valence-corrected chi connectivity index (χ3v) is 5.04. The van der Waals surface area contributed by atoms with Crippen LogP contribution in [0.1, 0.15) is 71.1 Å². The molecule has 0 fully saturated rings. The molecule has 3 nitrogen and oxygen atoms in total. The van der Waals surface area contributed by atoms with Gasteiger partial charge in [0.05, 0.1) is 6.61 Å². The quantitative estimate of drug-likeness (QED) is 0.291. The van der Waals surface area contributed by atoms with E-state index in [1.54, 1.807) is 0 Å². The Morgan fingerprint density at radius 1 is 0.643 bits per heavy atom. The van der Waals surface area contributed by atoms with E-state index in [1.807, 2.05) is 36.4 Å². The minimum absolute atomic E-state index is 0.301. The monoisotopic (exact) mass is 382 g/mol. The molecule has 0 aromatic heterocycles. The molecule has 1 N–H and O–H groups in total. The molecule has 0 bridgehead atoms. The predicted octanol–water partition coefficient (Wildman–Crippen LogP) is 6.29. The summed E-state index contributed by atoms with van der Waals surface area (Å²) in [5.74, 6) is 1.60. The first-order valence-electron chi connectivity index (χ1n) is 10.9. The lowest BCUT2D eigenvalue weighted by atomic mass is 10.1. The number of rotatable bonds is 15. The van der Waals surface area contributed by atoms with Crippen molar-refractivity contribution in [1.82, 2.24) is 0 Å². The number of hydrogen-bond donors (Lipinski definition) is 1. The summed E-state index contributed by atoms with van der Waals surface area (Å²) >= 11 is 0. The third kappa shape index (κ3) is 8.84. The Kier molecular flexibility index (Phi) is 11.3. The zero-order valence-electron chi connectivity index (χ0n) is 17.4. The lowest BCUT2D eigenvalue weighted by molar-refractivity contribution is 0.304. The summed E-state index contributed by atoms with van der Waals surface area (Å²) in [5.41, 5.74) is 2.26. The van der Waals surface area contributed by atoms with E-state index in [2.05, 4.69) is 19.1 Å². The maximum absolute atomic E-state index is 8.78. The summed E-state index contributed by atoms with van der Waals surface area (Å²) in [6, 6.07) is 15.9. The second-order valence-electron chi connectivity index (χ2n) is 7.35. The molecule has 0 spiro atoms. The van der Waals surface area contributed by atoms with Gasteiger partial charge in [-0.3, -0.25) is 0 Å². The summed E-state index contributed by atoms with van der Waals surface area (Å²) in [6.45, 7) is 3.06. The van der Waals surface area contributed by atoms with E-state index < -0.39 is 0 Å². The van der Waals surface area contributed by atoms with E-state index in [-0.39, 0.29) is 7.69 Å². The average Bonchev–Trinajstić information content (AvgIpc) is 2.73. The fourth-order valence-corrected chi connectivity index (χ4v) is 3.34. The summed E-state index contributed by atoms with van der Waals surface area (Å²) < 4.78 is 10.9. The number of benzene rings is 2. The van der Waals surface area contributed by atoms with Crippen LogP contribution in [0.3, 0.4) is 0 Å². The molecule has 0 amide bonds. The molecule has 0 saturated carbocycles. The van der Waals surface area contributed by atoms with Crippen molar-refractivity contribution in [2.24, 2.45) is 0 Å². The van der Waals surface area contributed by atoms with Crippen LogP contribution in [0.5, 0.6) is 11.5 Å². The van der Waals surface area contributed by atoms with Gasteiger partial charge in [0.2, 0.25) is 0 Å². The number of unbranched alkanes of at least 4 members (excludes halogenated alkanes) is 9. The average molecular weight is 382 g/mol. The molecule has 0 aliphatic carbocycles.